The molecule has 0 radical (unpaired) electrons. The van der Waals surface area contributed by atoms with Crippen LogP contribution in [0.15, 0.2) is 51.7 Å². The monoisotopic (exact) mass is 441 g/mol. The van der Waals surface area contributed by atoms with E-state index in [4.69, 9.17) is 16.0 Å². The maximum atomic E-state index is 14.8. The Bertz CT molecular complexity index is 1380. The van der Waals surface area contributed by atoms with E-state index in [9.17, 15) is 14.0 Å². The van der Waals surface area contributed by atoms with Crippen LogP contribution >= 0.6 is 22.9 Å². The highest BCUT2D eigenvalue weighted by atomic mass is 35.5. The Hall–Kier alpha value is -3.10. The van der Waals surface area contributed by atoms with E-state index in [-0.39, 0.29) is 33.0 Å². The fraction of sp³-hybridized carbons (Fsp3) is 0.143. The minimum absolute atomic E-state index is 0.0631. The van der Waals surface area contributed by atoms with Gasteiger partial charge in [-0.25, -0.2) is 4.39 Å². The largest absolute Gasteiger partial charge is 0.450 e. The number of nitrogens with zero attached hydrogens (tertiary/aromatic N) is 3. The number of fused-ring (bicyclic) bond motifs is 2. The third kappa shape index (κ3) is 2.75. The van der Waals surface area contributed by atoms with Gasteiger partial charge in [0.15, 0.2) is 5.43 Å². The molecule has 1 amide bonds. The van der Waals surface area contributed by atoms with E-state index in [1.54, 1.807) is 24.3 Å². The highest BCUT2D eigenvalue weighted by molar-refractivity contribution is 7.15. The summed E-state index contributed by atoms with van der Waals surface area (Å²) in [5.74, 6) is -1.23. The predicted octanol–water partition coefficient (Wildman–Crippen LogP) is 4.75. The van der Waals surface area contributed by atoms with E-state index in [2.05, 4.69) is 10.2 Å². The molecule has 0 bridgehead atoms. The molecule has 0 fully saturated rings. The molecule has 6 nitrogen and oxygen atoms in total. The maximum Gasteiger partial charge on any atom is 0.297 e. The number of hydrogen-bond donors (Lipinski definition) is 0. The summed E-state index contributed by atoms with van der Waals surface area (Å²) in [6.45, 7) is 1.92. The molecular weight excluding hydrogens is 429 g/mol. The van der Waals surface area contributed by atoms with Gasteiger partial charge >= 0.3 is 0 Å². The van der Waals surface area contributed by atoms with Gasteiger partial charge in [0.1, 0.15) is 22.4 Å². The zero-order valence-corrected chi connectivity index (χ0v) is 17.1. The van der Waals surface area contributed by atoms with Crippen LogP contribution in [0.1, 0.15) is 39.7 Å². The molecule has 0 unspecified atom stereocenters. The zero-order chi connectivity index (χ0) is 21.0. The fourth-order valence-corrected chi connectivity index (χ4v) is 4.60. The van der Waals surface area contributed by atoms with Gasteiger partial charge in [-0.2, -0.15) is 0 Å². The molecule has 1 aliphatic heterocycles. The van der Waals surface area contributed by atoms with Crippen molar-refractivity contribution >= 4 is 44.9 Å². The van der Waals surface area contributed by atoms with Crippen molar-refractivity contribution < 1.29 is 13.6 Å². The number of aryl methyl sites for hydroxylation is 1. The number of carbonyl (C=O) groups is 1. The van der Waals surface area contributed by atoms with Crippen molar-refractivity contribution in [3.05, 3.63) is 85.4 Å². The fourth-order valence-electron chi connectivity index (χ4n) is 3.62. The van der Waals surface area contributed by atoms with Gasteiger partial charge in [-0.15, -0.1) is 10.2 Å². The molecule has 3 heterocycles. The number of halogens is 2. The molecular formula is C21H13ClFN3O3S. The maximum absolute atomic E-state index is 14.8. The Kier molecular flexibility index (Phi) is 4.41. The van der Waals surface area contributed by atoms with E-state index in [0.29, 0.717) is 11.4 Å². The highest BCUT2D eigenvalue weighted by Gasteiger charge is 2.46. The second kappa shape index (κ2) is 7.00. The number of carbonyl (C=O) groups excluding carboxylic acids is 1. The van der Waals surface area contributed by atoms with Gasteiger partial charge in [0.2, 0.25) is 10.9 Å². The first-order valence-electron chi connectivity index (χ1n) is 9.16. The number of rotatable bonds is 3. The SMILES string of the molecule is CCc1nnc(N2C(=O)c3oc4ccc(Cl)cc4c(=O)c3[C@@H]2c2ccccc2F)s1. The summed E-state index contributed by atoms with van der Waals surface area (Å²) in [5, 5.41) is 9.76. The van der Waals surface area contributed by atoms with E-state index in [1.165, 1.54) is 34.4 Å². The normalized spacial score (nSPS) is 15.8. The lowest BCUT2D eigenvalue weighted by Gasteiger charge is -2.22. The standard InChI is InChI=1S/C21H13ClFN3O3S/c1-2-15-24-25-21(30-15)26-17(11-5-3-4-6-13(11)23)16-18(27)12-9-10(22)7-8-14(12)29-19(16)20(26)28/h3-9,17H,2H2,1H3/t17-/m0/s1. The molecule has 9 heteroatoms. The van der Waals surface area contributed by atoms with Crippen LogP contribution in [0, 0.1) is 5.82 Å². The summed E-state index contributed by atoms with van der Waals surface area (Å²) in [6, 6.07) is 9.59. The van der Waals surface area contributed by atoms with Crippen molar-refractivity contribution in [3.8, 4) is 0 Å². The molecule has 150 valence electrons. The van der Waals surface area contributed by atoms with Crippen LogP contribution < -0.4 is 10.3 Å². The molecule has 0 saturated carbocycles. The summed E-state index contributed by atoms with van der Waals surface area (Å²) in [4.78, 5) is 28.0. The van der Waals surface area contributed by atoms with Crippen LogP contribution in [-0.4, -0.2) is 16.1 Å². The average molecular weight is 442 g/mol. The second-order valence-corrected chi connectivity index (χ2v) is 8.22. The molecule has 2 aromatic carbocycles. The van der Waals surface area contributed by atoms with Crippen LogP contribution in [0.3, 0.4) is 0 Å². The lowest BCUT2D eigenvalue weighted by atomic mass is 9.98. The van der Waals surface area contributed by atoms with Gasteiger partial charge in [-0.1, -0.05) is 48.1 Å². The predicted molar refractivity (Wildman–Crippen MR) is 112 cm³/mol. The van der Waals surface area contributed by atoms with E-state index in [0.717, 1.165) is 5.01 Å². The lowest BCUT2D eigenvalue weighted by Crippen LogP contribution is -2.30. The molecule has 1 aliphatic rings. The topological polar surface area (TPSA) is 76.3 Å². The van der Waals surface area contributed by atoms with Gasteiger partial charge in [-0.05, 0) is 30.7 Å². The van der Waals surface area contributed by atoms with E-state index < -0.39 is 23.2 Å². The van der Waals surface area contributed by atoms with Gasteiger partial charge in [-0.3, -0.25) is 14.5 Å². The minimum atomic E-state index is -1.02. The van der Waals surface area contributed by atoms with Gasteiger partial charge in [0, 0.05) is 10.6 Å². The quantitative estimate of drug-likeness (QED) is 0.458. The van der Waals surface area contributed by atoms with Gasteiger partial charge in [0.05, 0.1) is 10.9 Å². The van der Waals surface area contributed by atoms with E-state index in [1.807, 2.05) is 6.92 Å². The first kappa shape index (κ1) is 18.9. The first-order chi connectivity index (χ1) is 14.5. The Labute approximate surface area is 178 Å². The van der Waals surface area contributed by atoms with Crippen LogP contribution in [-0.2, 0) is 6.42 Å². The Morgan fingerprint density at radius 1 is 1.20 bits per heavy atom. The summed E-state index contributed by atoms with van der Waals surface area (Å²) < 4.78 is 20.6. The van der Waals surface area contributed by atoms with Crippen molar-refractivity contribution in [2.24, 2.45) is 0 Å². The molecule has 4 aromatic rings. The third-order valence-corrected chi connectivity index (χ3v) is 6.30. The number of aromatic nitrogens is 2. The summed E-state index contributed by atoms with van der Waals surface area (Å²) >= 11 is 7.27. The number of anilines is 1. The number of hydrogen-bond acceptors (Lipinski definition) is 6. The summed E-state index contributed by atoms with van der Waals surface area (Å²) in [6.07, 6.45) is 0.635. The van der Waals surface area contributed by atoms with Crippen molar-refractivity contribution in [2.45, 2.75) is 19.4 Å². The molecule has 0 spiro atoms. The Balaban J connectivity index is 1.83. The number of amides is 1. The van der Waals surface area contributed by atoms with Crippen LogP contribution in [0.5, 0.6) is 0 Å². The summed E-state index contributed by atoms with van der Waals surface area (Å²) in [5.41, 5.74) is 0.0369. The van der Waals surface area contributed by atoms with Crippen LogP contribution in [0.2, 0.25) is 5.02 Å². The Morgan fingerprint density at radius 2 is 2.00 bits per heavy atom. The van der Waals surface area contributed by atoms with Crippen molar-refractivity contribution in [1.29, 1.82) is 0 Å². The van der Waals surface area contributed by atoms with Crippen molar-refractivity contribution in [3.63, 3.8) is 0 Å². The summed E-state index contributed by atoms with van der Waals surface area (Å²) in [7, 11) is 0. The first-order valence-corrected chi connectivity index (χ1v) is 10.4. The zero-order valence-electron chi connectivity index (χ0n) is 15.6. The molecule has 30 heavy (non-hydrogen) atoms. The highest BCUT2D eigenvalue weighted by Crippen LogP contribution is 2.42. The van der Waals surface area contributed by atoms with Crippen molar-refractivity contribution in [2.75, 3.05) is 4.90 Å². The number of benzene rings is 2. The van der Waals surface area contributed by atoms with E-state index >= 15 is 0 Å². The minimum Gasteiger partial charge on any atom is -0.450 e. The third-order valence-electron chi connectivity index (χ3n) is 5.00. The van der Waals surface area contributed by atoms with Gasteiger partial charge in [0.25, 0.3) is 5.91 Å². The van der Waals surface area contributed by atoms with Crippen LogP contribution in [0.25, 0.3) is 11.0 Å². The molecule has 2 aromatic heterocycles. The van der Waals surface area contributed by atoms with Gasteiger partial charge < -0.3 is 4.42 Å². The average Bonchev–Trinajstić information content (AvgIpc) is 3.32. The molecule has 0 N–H and O–H groups in total. The van der Waals surface area contributed by atoms with Crippen LogP contribution in [0.4, 0.5) is 9.52 Å². The molecule has 0 saturated heterocycles. The lowest BCUT2D eigenvalue weighted by molar-refractivity contribution is 0.0970. The molecule has 5 rings (SSSR count). The smallest absolute Gasteiger partial charge is 0.297 e. The Morgan fingerprint density at radius 3 is 2.73 bits per heavy atom. The van der Waals surface area contributed by atoms with Crippen molar-refractivity contribution in [1.82, 2.24) is 10.2 Å². The molecule has 1 atom stereocenters. The molecule has 0 aliphatic carbocycles. The second-order valence-electron chi connectivity index (χ2n) is 6.75.